The van der Waals surface area contributed by atoms with E-state index >= 15 is 0 Å². The van der Waals surface area contributed by atoms with Crippen LogP contribution in [0.4, 0.5) is 0 Å². The van der Waals surface area contributed by atoms with E-state index in [0.717, 1.165) is 0 Å². The molecule has 0 aliphatic carbocycles. The Morgan fingerprint density at radius 3 is 2.50 bits per heavy atom. The molecule has 0 aromatic carbocycles. The summed E-state index contributed by atoms with van der Waals surface area (Å²) in [6, 6.07) is 5.07. The first-order valence-electron chi connectivity index (χ1n) is 7.89. The normalized spacial score (nSPS) is 14.5. The largest absolute Gasteiger partial charge is 0.477 e. The van der Waals surface area contributed by atoms with Gasteiger partial charge in [0.05, 0.1) is 18.4 Å². The SMILES string of the molecule is CCOc1ncccc1C(=O)N1CCN(C(=O)c2ccoc2)CC1. The molecule has 1 fully saturated rings. The average Bonchev–Trinajstić information content (AvgIpc) is 3.16. The Morgan fingerprint density at radius 1 is 1.17 bits per heavy atom. The van der Waals surface area contributed by atoms with Crippen molar-refractivity contribution in [1.29, 1.82) is 0 Å². The van der Waals surface area contributed by atoms with Crippen LogP contribution in [0.3, 0.4) is 0 Å². The first-order valence-corrected chi connectivity index (χ1v) is 7.89. The van der Waals surface area contributed by atoms with Gasteiger partial charge in [-0.1, -0.05) is 0 Å². The fourth-order valence-electron chi connectivity index (χ4n) is 2.66. The van der Waals surface area contributed by atoms with Gasteiger partial charge in [-0.25, -0.2) is 4.98 Å². The fraction of sp³-hybridized carbons (Fsp3) is 0.353. The van der Waals surface area contributed by atoms with E-state index in [4.69, 9.17) is 9.15 Å². The van der Waals surface area contributed by atoms with Gasteiger partial charge < -0.3 is 19.0 Å². The lowest BCUT2D eigenvalue weighted by Crippen LogP contribution is -2.50. The molecule has 7 heteroatoms. The molecule has 1 aliphatic heterocycles. The number of hydrogen-bond donors (Lipinski definition) is 0. The number of carbonyl (C=O) groups is 2. The zero-order valence-electron chi connectivity index (χ0n) is 13.5. The van der Waals surface area contributed by atoms with Crippen LogP contribution in [0, 0.1) is 0 Å². The Hall–Kier alpha value is -2.83. The highest BCUT2D eigenvalue weighted by Crippen LogP contribution is 2.18. The Kier molecular flexibility index (Phi) is 4.79. The number of hydrogen-bond acceptors (Lipinski definition) is 5. The minimum absolute atomic E-state index is 0.0766. The first-order chi connectivity index (χ1) is 11.7. The Labute approximate surface area is 139 Å². The maximum atomic E-state index is 12.7. The molecule has 0 atom stereocenters. The summed E-state index contributed by atoms with van der Waals surface area (Å²) < 4.78 is 10.4. The molecular weight excluding hydrogens is 310 g/mol. The summed E-state index contributed by atoms with van der Waals surface area (Å²) in [5, 5.41) is 0. The van der Waals surface area contributed by atoms with Gasteiger partial charge in [0.25, 0.3) is 11.8 Å². The fourth-order valence-corrected chi connectivity index (χ4v) is 2.66. The molecule has 0 radical (unpaired) electrons. The van der Waals surface area contributed by atoms with Crippen molar-refractivity contribution in [3.05, 3.63) is 48.0 Å². The van der Waals surface area contributed by atoms with Crippen molar-refractivity contribution in [3.8, 4) is 5.88 Å². The molecule has 126 valence electrons. The molecule has 0 bridgehead atoms. The zero-order chi connectivity index (χ0) is 16.9. The van der Waals surface area contributed by atoms with Crippen molar-refractivity contribution in [2.24, 2.45) is 0 Å². The van der Waals surface area contributed by atoms with Gasteiger partial charge in [0.15, 0.2) is 0 Å². The molecule has 0 unspecified atom stereocenters. The average molecular weight is 329 g/mol. The van der Waals surface area contributed by atoms with Gasteiger partial charge in [-0.2, -0.15) is 0 Å². The summed E-state index contributed by atoms with van der Waals surface area (Å²) in [6.07, 6.45) is 4.51. The number of nitrogens with zero attached hydrogens (tertiary/aromatic N) is 3. The monoisotopic (exact) mass is 329 g/mol. The Morgan fingerprint density at radius 2 is 1.88 bits per heavy atom. The summed E-state index contributed by atoms with van der Waals surface area (Å²) in [4.78, 5) is 32.5. The molecule has 0 N–H and O–H groups in total. The van der Waals surface area contributed by atoms with Crippen LogP contribution in [0.15, 0.2) is 41.3 Å². The quantitative estimate of drug-likeness (QED) is 0.853. The van der Waals surface area contributed by atoms with Gasteiger partial charge in [-0.15, -0.1) is 0 Å². The highest BCUT2D eigenvalue weighted by atomic mass is 16.5. The summed E-state index contributed by atoms with van der Waals surface area (Å²) in [5.74, 6) is 0.149. The second-order valence-corrected chi connectivity index (χ2v) is 5.39. The molecule has 7 nitrogen and oxygen atoms in total. The smallest absolute Gasteiger partial charge is 0.259 e. The van der Waals surface area contributed by atoms with Gasteiger partial charge in [0, 0.05) is 32.4 Å². The number of aromatic nitrogens is 1. The van der Waals surface area contributed by atoms with E-state index in [1.165, 1.54) is 12.5 Å². The van der Waals surface area contributed by atoms with E-state index in [9.17, 15) is 9.59 Å². The van der Waals surface area contributed by atoms with Gasteiger partial charge in [-0.3, -0.25) is 9.59 Å². The van der Waals surface area contributed by atoms with Crippen LogP contribution in [0.5, 0.6) is 5.88 Å². The van der Waals surface area contributed by atoms with Crippen LogP contribution in [-0.4, -0.2) is 59.4 Å². The lowest BCUT2D eigenvalue weighted by Gasteiger charge is -2.34. The third kappa shape index (κ3) is 3.24. The summed E-state index contributed by atoms with van der Waals surface area (Å²) in [5.41, 5.74) is 0.981. The molecule has 0 spiro atoms. The Balaban J connectivity index is 1.64. The molecule has 3 rings (SSSR count). The molecule has 2 aromatic heterocycles. The highest BCUT2D eigenvalue weighted by Gasteiger charge is 2.27. The maximum Gasteiger partial charge on any atom is 0.259 e. The first kappa shape index (κ1) is 16.0. The maximum absolute atomic E-state index is 12.7. The number of piperazine rings is 1. The van der Waals surface area contributed by atoms with Crippen molar-refractivity contribution in [2.45, 2.75) is 6.92 Å². The molecular formula is C17H19N3O4. The molecule has 24 heavy (non-hydrogen) atoms. The minimum atomic E-state index is -0.123. The van der Waals surface area contributed by atoms with Crippen LogP contribution in [0.25, 0.3) is 0 Å². The number of furan rings is 1. The Bertz CT molecular complexity index is 706. The van der Waals surface area contributed by atoms with Crippen LogP contribution < -0.4 is 4.74 Å². The predicted octanol–water partition coefficient (Wildman–Crippen LogP) is 1.67. The van der Waals surface area contributed by atoms with Crippen molar-refractivity contribution >= 4 is 11.8 Å². The van der Waals surface area contributed by atoms with Crippen molar-refractivity contribution in [2.75, 3.05) is 32.8 Å². The minimum Gasteiger partial charge on any atom is -0.477 e. The van der Waals surface area contributed by atoms with Gasteiger partial charge in [0.1, 0.15) is 11.8 Å². The van der Waals surface area contributed by atoms with Gasteiger partial charge in [0.2, 0.25) is 5.88 Å². The van der Waals surface area contributed by atoms with E-state index < -0.39 is 0 Å². The van der Waals surface area contributed by atoms with Gasteiger partial charge >= 0.3 is 0 Å². The number of pyridine rings is 1. The van der Waals surface area contributed by atoms with Crippen LogP contribution >= 0.6 is 0 Å². The third-order valence-electron chi connectivity index (χ3n) is 3.90. The van der Waals surface area contributed by atoms with Crippen LogP contribution in [0.2, 0.25) is 0 Å². The molecule has 2 amide bonds. The molecule has 0 saturated carbocycles. The number of amides is 2. The second-order valence-electron chi connectivity index (χ2n) is 5.39. The predicted molar refractivity (Wildman–Crippen MR) is 85.9 cm³/mol. The third-order valence-corrected chi connectivity index (χ3v) is 3.90. The van der Waals surface area contributed by atoms with Gasteiger partial charge in [-0.05, 0) is 25.1 Å². The zero-order valence-corrected chi connectivity index (χ0v) is 13.5. The molecule has 1 saturated heterocycles. The summed E-state index contributed by atoms with van der Waals surface area (Å²) in [6.45, 7) is 4.22. The topological polar surface area (TPSA) is 75.9 Å². The molecule has 1 aliphatic rings. The van der Waals surface area contributed by atoms with E-state index in [1.807, 2.05) is 6.92 Å². The molecule has 2 aromatic rings. The van der Waals surface area contributed by atoms with E-state index in [0.29, 0.717) is 49.8 Å². The van der Waals surface area contributed by atoms with E-state index in [2.05, 4.69) is 4.98 Å². The summed E-state index contributed by atoms with van der Waals surface area (Å²) >= 11 is 0. The van der Waals surface area contributed by atoms with Crippen LogP contribution in [-0.2, 0) is 0 Å². The summed E-state index contributed by atoms with van der Waals surface area (Å²) in [7, 11) is 0. The second kappa shape index (κ2) is 7.16. The lowest BCUT2D eigenvalue weighted by molar-refractivity contribution is 0.0532. The number of ether oxygens (including phenoxy) is 1. The number of carbonyl (C=O) groups excluding carboxylic acids is 2. The van der Waals surface area contributed by atoms with Crippen molar-refractivity contribution in [1.82, 2.24) is 14.8 Å². The lowest BCUT2D eigenvalue weighted by atomic mass is 10.2. The van der Waals surface area contributed by atoms with E-state index in [-0.39, 0.29) is 11.8 Å². The van der Waals surface area contributed by atoms with E-state index in [1.54, 1.807) is 34.2 Å². The van der Waals surface area contributed by atoms with Crippen LogP contribution in [0.1, 0.15) is 27.6 Å². The standard InChI is InChI=1S/C17H19N3O4/c1-2-24-15-14(4-3-6-18-15)17(22)20-9-7-19(8-10-20)16(21)13-5-11-23-12-13/h3-6,11-12H,2,7-10H2,1H3. The van der Waals surface area contributed by atoms with Crippen molar-refractivity contribution < 1.29 is 18.7 Å². The van der Waals surface area contributed by atoms with Crippen molar-refractivity contribution in [3.63, 3.8) is 0 Å². The highest BCUT2D eigenvalue weighted by molar-refractivity contribution is 5.97. The number of rotatable bonds is 4. The molecule has 3 heterocycles.